The first-order valence-electron chi connectivity index (χ1n) is 6.68. The molecule has 0 spiro atoms. The van der Waals surface area contributed by atoms with Crippen LogP contribution >= 0.6 is 0 Å². The van der Waals surface area contributed by atoms with Crippen LogP contribution in [0.1, 0.15) is 15.9 Å². The molecule has 11 heteroatoms. The average molecular weight is 386 g/mol. The van der Waals surface area contributed by atoms with Gasteiger partial charge < -0.3 is 8.92 Å². The van der Waals surface area contributed by atoms with E-state index in [4.69, 9.17) is 5.26 Å². The molecule has 1 aromatic carbocycles. The van der Waals surface area contributed by atoms with Gasteiger partial charge in [0.05, 0.1) is 23.9 Å². The highest BCUT2D eigenvalue weighted by molar-refractivity contribution is 7.88. The molecule has 0 saturated heterocycles. The summed E-state index contributed by atoms with van der Waals surface area (Å²) in [5, 5.41) is 9.07. The average Bonchev–Trinajstić information content (AvgIpc) is 2.60. The molecular weight excluding hydrogens is 377 g/mol. The van der Waals surface area contributed by atoms with Crippen molar-refractivity contribution < 1.29 is 35.3 Å². The number of halogens is 3. The minimum Gasteiger partial charge on any atom is -0.465 e. The predicted molar refractivity (Wildman–Crippen MR) is 81.3 cm³/mol. The molecule has 0 aliphatic rings. The Morgan fingerprint density at radius 2 is 1.92 bits per heavy atom. The molecule has 0 fully saturated rings. The van der Waals surface area contributed by atoms with Gasteiger partial charge in [-0.05, 0) is 30.3 Å². The minimum absolute atomic E-state index is 0.163. The highest BCUT2D eigenvalue weighted by atomic mass is 32.2. The monoisotopic (exact) mass is 386 g/mol. The Kier molecular flexibility index (Phi) is 5.17. The van der Waals surface area contributed by atoms with Gasteiger partial charge in [0.25, 0.3) is 0 Å². The number of carbonyl (C=O) groups excluding carboxylic acids is 1. The number of ether oxygens (including phenoxy) is 1. The lowest BCUT2D eigenvalue weighted by Crippen LogP contribution is -2.28. The summed E-state index contributed by atoms with van der Waals surface area (Å²) in [7, 11) is -4.73. The number of nitrogens with zero attached hydrogens (tertiary/aromatic N) is 2. The molecule has 7 nitrogen and oxygen atoms in total. The summed E-state index contributed by atoms with van der Waals surface area (Å²) in [4.78, 5) is 15.5. The molecule has 0 N–H and O–H groups in total. The van der Waals surface area contributed by atoms with E-state index in [0.717, 1.165) is 12.1 Å². The summed E-state index contributed by atoms with van der Waals surface area (Å²) in [6.45, 7) is 0. The zero-order valence-corrected chi connectivity index (χ0v) is 13.8. The molecule has 1 aromatic heterocycles. The summed E-state index contributed by atoms with van der Waals surface area (Å²) in [6.07, 6.45) is 1.30. The van der Waals surface area contributed by atoms with E-state index < -0.39 is 32.9 Å². The van der Waals surface area contributed by atoms with Gasteiger partial charge >= 0.3 is 21.6 Å². The van der Waals surface area contributed by atoms with Gasteiger partial charge in [-0.2, -0.15) is 26.9 Å². The van der Waals surface area contributed by atoms with Crippen molar-refractivity contribution >= 4 is 16.1 Å². The summed E-state index contributed by atoms with van der Waals surface area (Å²) >= 11 is 0. The van der Waals surface area contributed by atoms with Crippen LogP contribution < -0.4 is 4.18 Å². The maximum absolute atomic E-state index is 12.4. The van der Waals surface area contributed by atoms with E-state index in [-0.39, 0.29) is 16.8 Å². The van der Waals surface area contributed by atoms with Crippen molar-refractivity contribution in [3.63, 3.8) is 0 Å². The van der Waals surface area contributed by atoms with Crippen LogP contribution in [-0.2, 0) is 14.9 Å². The van der Waals surface area contributed by atoms with E-state index in [9.17, 15) is 26.4 Å². The number of alkyl halides is 3. The molecule has 136 valence electrons. The van der Waals surface area contributed by atoms with Crippen LogP contribution in [0.25, 0.3) is 11.3 Å². The van der Waals surface area contributed by atoms with Crippen molar-refractivity contribution in [3.05, 3.63) is 47.7 Å². The van der Waals surface area contributed by atoms with Gasteiger partial charge in [0.1, 0.15) is 6.07 Å². The third-order valence-corrected chi connectivity index (χ3v) is 4.03. The van der Waals surface area contributed by atoms with Crippen molar-refractivity contribution in [2.75, 3.05) is 7.11 Å². The lowest BCUT2D eigenvalue weighted by molar-refractivity contribution is -0.0500. The molecule has 0 unspecified atom stereocenters. The molecule has 26 heavy (non-hydrogen) atoms. The van der Waals surface area contributed by atoms with Gasteiger partial charge in [0, 0.05) is 11.8 Å². The van der Waals surface area contributed by atoms with Crippen molar-refractivity contribution in [3.8, 4) is 23.1 Å². The Labute approximate surface area is 145 Å². The molecule has 1 heterocycles. The Bertz CT molecular complexity index is 997. The van der Waals surface area contributed by atoms with Crippen molar-refractivity contribution in [1.82, 2.24) is 4.98 Å². The van der Waals surface area contributed by atoms with Crippen LogP contribution in [0.2, 0.25) is 0 Å². The van der Waals surface area contributed by atoms with Crippen LogP contribution in [0.4, 0.5) is 13.2 Å². The van der Waals surface area contributed by atoms with E-state index in [0.29, 0.717) is 0 Å². The number of carbonyl (C=O) groups is 1. The second-order valence-electron chi connectivity index (χ2n) is 4.73. The number of pyridine rings is 1. The van der Waals surface area contributed by atoms with Crippen molar-refractivity contribution in [2.24, 2.45) is 0 Å². The summed E-state index contributed by atoms with van der Waals surface area (Å²) in [6, 6.07) is 7.46. The SMILES string of the molecule is COC(=O)c1ccnc(-c2ccc(OS(=O)(=O)C(F)(F)F)c(C#N)c2)c1. The van der Waals surface area contributed by atoms with E-state index in [1.165, 1.54) is 31.5 Å². The molecule has 0 amide bonds. The zero-order chi connectivity index (χ0) is 19.5. The number of hydrogen-bond acceptors (Lipinski definition) is 7. The largest absolute Gasteiger partial charge is 0.534 e. The topological polar surface area (TPSA) is 106 Å². The Hall–Kier alpha value is -3.13. The second kappa shape index (κ2) is 7.01. The van der Waals surface area contributed by atoms with Crippen LogP contribution in [0.5, 0.6) is 5.75 Å². The lowest BCUT2D eigenvalue weighted by atomic mass is 10.1. The molecule has 0 bridgehead atoms. The van der Waals surface area contributed by atoms with E-state index in [1.54, 1.807) is 6.07 Å². The number of hydrogen-bond donors (Lipinski definition) is 0. The molecular formula is C15H9F3N2O5S. The maximum atomic E-state index is 12.4. The fourth-order valence-electron chi connectivity index (χ4n) is 1.85. The van der Waals surface area contributed by atoms with Crippen molar-refractivity contribution in [1.29, 1.82) is 5.26 Å². The van der Waals surface area contributed by atoms with Gasteiger partial charge in [-0.25, -0.2) is 4.79 Å². The number of rotatable bonds is 4. The maximum Gasteiger partial charge on any atom is 0.534 e. The number of benzene rings is 1. The van der Waals surface area contributed by atoms with Gasteiger partial charge in [-0.15, -0.1) is 0 Å². The molecule has 2 rings (SSSR count). The molecule has 2 aromatic rings. The van der Waals surface area contributed by atoms with Crippen LogP contribution in [-0.4, -0.2) is 32.0 Å². The molecule has 0 atom stereocenters. The third kappa shape index (κ3) is 3.92. The van der Waals surface area contributed by atoms with Crippen LogP contribution in [0.15, 0.2) is 36.5 Å². The Morgan fingerprint density at radius 1 is 1.23 bits per heavy atom. The lowest BCUT2D eigenvalue weighted by Gasteiger charge is -2.11. The van der Waals surface area contributed by atoms with Gasteiger partial charge in [-0.1, -0.05) is 0 Å². The van der Waals surface area contributed by atoms with E-state index >= 15 is 0 Å². The van der Waals surface area contributed by atoms with E-state index in [2.05, 4.69) is 13.9 Å². The first kappa shape index (κ1) is 19.2. The van der Waals surface area contributed by atoms with Crippen LogP contribution in [0.3, 0.4) is 0 Å². The quantitative estimate of drug-likeness (QED) is 0.452. The number of methoxy groups -OCH3 is 1. The van der Waals surface area contributed by atoms with Crippen LogP contribution in [0, 0.1) is 11.3 Å². The molecule has 0 aliphatic carbocycles. The first-order chi connectivity index (χ1) is 12.1. The highest BCUT2D eigenvalue weighted by Gasteiger charge is 2.48. The van der Waals surface area contributed by atoms with Gasteiger partial charge in [-0.3, -0.25) is 4.98 Å². The predicted octanol–water partition coefficient (Wildman–Crippen LogP) is 2.64. The third-order valence-electron chi connectivity index (χ3n) is 3.06. The normalized spacial score (nSPS) is 11.5. The van der Waals surface area contributed by atoms with Gasteiger partial charge in [0.15, 0.2) is 5.75 Å². The van der Waals surface area contributed by atoms with Crippen molar-refractivity contribution in [2.45, 2.75) is 5.51 Å². The zero-order valence-electron chi connectivity index (χ0n) is 12.9. The number of nitriles is 1. The molecule has 0 aliphatic heterocycles. The number of esters is 1. The standard InChI is InChI=1S/C15H9F3N2O5S/c1-24-14(21)10-4-5-20-12(7-10)9-2-3-13(11(6-9)8-19)25-26(22,23)15(16,17)18/h2-7H,1H3. The Morgan fingerprint density at radius 3 is 2.50 bits per heavy atom. The molecule has 0 saturated carbocycles. The van der Waals surface area contributed by atoms with E-state index in [1.807, 2.05) is 0 Å². The smallest absolute Gasteiger partial charge is 0.465 e. The summed E-state index contributed by atoms with van der Waals surface area (Å²) in [5.41, 5.74) is -5.45. The fraction of sp³-hybridized carbons (Fsp3) is 0.133. The fourth-order valence-corrected chi connectivity index (χ4v) is 2.32. The Balaban J connectivity index is 2.45. The summed E-state index contributed by atoms with van der Waals surface area (Å²) in [5.74, 6) is -1.41. The number of aromatic nitrogens is 1. The van der Waals surface area contributed by atoms with Gasteiger partial charge in [0.2, 0.25) is 0 Å². The minimum atomic E-state index is -5.91. The first-order valence-corrected chi connectivity index (χ1v) is 8.09. The highest BCUT2D eigenvalue weighted by Crippen LogP contribution is 2.31. The summed E-state index contributed by atoms with van der Waals surface area (Å²) < 4.78 is 67.9. The second-order valence-corrected chi connectivity index (χ2v) is 6.27. The molecule has 0 radical (unpaired) electrons.